The third kappa shape index (κ3) is 3.43. The van der Waals surface area contributed by atoms with Gasteiger partial charge in [0.05, 0.1) is 10.6 Å². The van der Waals surface area contributed by atoms with Gasteiger partial charge in [0.2, 0.25) is 0 Å². The van der Waals surface area contributed by atoms with Crippen molar-refractivity contribution in [3.8, 4) is 0 Å². The number of benzene rings is 2. The summed E-state index contributed by atoms with van der Waals surface area (Å²) in [4.78, 5) is 11.0. The largest absolute Gasteiger partial charge is 0.480 e. The highest BCUT2D eigenvalue weighted by molar-refractivity contribution is 7.92. The first-order valence-electron chi connectivity index (χ1n) is 6.37. The van der Waals surface area contributed by atoms with Gasteiger partial charge in [-0.2, -0.15) is 0 Å². The van der Waals surface area contributed by atoms with E-state index in [0.717, 1.165) is 22.0 Å². The van der Waals surface area contributed by atoms with Crippen LogP contribution in [-0.2, 0) is 14.8 Å². The van der Waals surface area contributed by atoms with Crippen molar-refractivity contribution in [3.05, 3.63) is 59.9 Å². The third-order valence-corrected chi connectivity index (χ3v) is 4.79. The van der Waals surface area contributed by atoms with Crippen molar-refractivity contribution in [1.29, 1.82) is 0 Å². The van der Waals surface area contributed by atoms with E-state index in [-0.39, 0.29) is 10.6 Å². The fourth-order valence-electron chi connectivity index (χ4n) is 1.88. The van der Waals surface area contributed by atoms with Crippen LogP contribution in [0.25, 0.3) is 0 Å². The molecule has 2 rings (SSSR count). The first kappa shape index (κ1) is 16.0. The van der Waals surface area contributed by atoms with Crippen molar-refractivity contribution in [2.24, 2.45) is 0 Å². The van der Waals surface area contributed by atoms with Crippen molar-refractivity contribution in [2.75, 3.05) is 10.8 Å². The zero-order valence-corrected chi connectivity index (χ0v) is 12.5. The molecule has 0 atom stereocenters. The molecule has 2 aromatic rings. The lowest BCUT2D eigenvalue weighted by atomic mass is 10.2. The average molecular weight is 323 g/mol. The van der Waals surface area contributed by atoms with Crippen LogP contribution < -0.4 is 4.31 Å². The molecule has 0 heterocycles. The number of nitrogens with zero attached hydrogens (tertiary/aromatic N) is 1. The molecule has 22 heavy (non-hydrogen) atoms. The van der Waals surface area contributed by atoms with Gasteiger partial charge in [0.25, 0.3) is 10.0 Å². The normalized spacial score (nSPS) is 11.2. The molecule has 0 spiro atoms. The van der Waals surface area contributed by atoms with Gasteiger partial charge in [-0.3, -0.25) is 9.10 Å². The van der Waals surface area contributed by atoms with E-state index < -0.39 is 28.4 Å². The summed E-state index contributed by atoms with van der Waals surface area (Å²) in [5, 5.41) is 8.97. The highest BCUT2D eigenvalue weighted by atomic mass is 32.2. The summed E-state index contributed by atoms with van der Waals surface area (Å²) in [7, 11) is -4.05. The molecule has 0 saturated heterocycles. The number of carboxylic acid groups (broad SMARTS) is 1. The van der Waals surface area contributed by atoms with Crippen molar-refractivity contribution < 1.29 is 22.7 Å². The van der Waals surface area contributed by atoms with Crippen LogP contribution in [0.4, 0.5) is 10.1 Å². The maximum atomic E-state index is 13.0. The molecule has 7 heteroatoms. The first-order chi connectivity index (χ1) is 10.3. The summed E-state index contributed by atoms with van der Waals surface area (Å²) in [6.45, 7) is 1.06. The molecule has 0 aliphatic carbocycles. The van der Waals surface area contributed by atoms with Gasteiger partial charge in [-0.25, -0.2) is 12.8 Å². The van der Waals surface area contributed by atoms with E-state index in [1.54, 1.807) is 12.1 Å². The molecule has 2 aromatic carbocycles. The van der Waals surface area contributed by atoms with Crippen molar-refractivity contribution >= 4 is 21.7 Å². The summed E-state index contributed by atoms with van der Waals surface area (Å²) >= 11 is 0. The number of carboxylic acids is 1. The summed E-state index contributed by atoms with van der Waals surface area (Å²) in [6, 6.07) is 10.7. The van der Waals surface area contributed by atoms with Crippen LogP contribution >= 0.6 is 0 Å². The Balaban J connectivity index is 2.50. The second kappa shape index (κ2) is 6.15. The predicted molar refractivity (Wildman–Crippen MR) is 79.7 cm³/mol. The minimum absolute atomic E-state index is 0.0244. The van der Waals surface area contributed by atoms with E-state index in [4.69, 9.17) is 5.11 Å². The third-order valence-electron chi connectivity index (χ3n) is 3.00. The van der Waals surface area contributed by atoms with Gasteiger partial charge in [-0.15, -0.1) is 0 Å². The van der Waals surface area contributed by atoms with E-state index in [0.29, 0.717) is 0 Å². The molecule has 0 saturated carbocycles. The Hall–Kier alpha value is -2.41. The second-order valence-electron chi connectivity index (χ2n) is 4.69. The van der Waals surface area contributed by atoms with Gasteiger partial charge in [0, 0.05) is 0 Å². The Morgan fingerprint density at radius 3 is 2.14 bits per heavy atom. The van der Waals surface area contributed by atoms with Crippen LogP contribution in [0.3, 0.4) is 0 Å². The number of halogens is 1. The van der Waals surface area contributed by atoms with Crippen LogP contribution in [0, 0.1) is 12.7 Å². The topological polar surface area (TPSA) is 74.7 Å². The Bertz CT molecular complexity index is 770. The molecule has 1 N–H and O–H groups in total. The molecule has 0 unspecified atom stereocenters. The van der Waals surface area contributed by atoms with Gasteiger partial charge >= 0.3 is 5.97 Å². The van der Waals surface area contributed by atoms with Crippen LogP contribution in [0.15, 0.2) is 53.4 Å². The SMILES string of the molecule is Cc1ccc(S(=O)(=O)N(CC(=O)O)c2ccc(F)cc2)cc1. The number of hydrogen-bond acceptors (Lipinski definition) is 3. The van der Waals surface area contributed by atoms with Crippen molar-refractivity contribution in [2.45, 2.75) is 11.8 Å². The van der Waals surface area contributed by atoms with E-state index in [2.05, 4.69) is 0 Å². The molecule has 0 amide bonds. The molecule has 0 aromatic heterocycles. The Morgan fingerprint density at radius 2 is 1.64 bits per heavy atom. The summed E-state index contributed by atoms with van der Waals surface area (Å²) in [5.74, 6) is -1.84. The van der Waals surface area contributed by atoms with Crippen molar-refractivity contribution in [3.63, 3.8) is 0 Å². The van der Waals surface area contributed by atoms with Gasteiger partial charge in [-0.05, 0) is 43.3 Å². The predicted octanol–water partition coefficient (Wildman–Crippen LogP) is 2.41. The molecule has 0 aliphatic heterocycles. The Labute approximate surface area is 127 Å². The molecule has 116 valence electrons. The maximum Gasteiger partial charge on any atom is 0.324 e. The quantitative estimate of drug-likeness (QED) is 0.917. The standard InChI is InChI=1S/C15H14FNO4S/c1-11-2-8-14(9-3-11)22(20,21)17(10-15(18)19)13-6-4-12(16)5-7-13/h2-9H,10H2,1H3,(H,18,19). The van der Waals surface area contributed by atoms with Crippen LogP contribution in [0.1, 0.15) is 5.56 Å². The number of aliphatic carboxylic acids is 1. The highest BCUT2D eigenvalue weighted by Gasteiger charge is 2.26. The van der Waals surface area contributed by atoms with E-state index >= 15 is 0 Å². The smallest absolute Gasteiger partial charge is 0.324 e. The number of rotatable bonds is 5. The lowest BCUT2D eigenvalue weighted by molar-refractivity contribution is -0.135. The minimum Gasteiger partial charge on any atom is -0.480 e. The average Bonchev–Trinajstić information content (AvgIpc) is 2.46. The van der Waals surface area contributed by atoms with Gasteiger partial charge in [0.15, 0.2) is 0 Å². The van der Waals surface area contributed by atoms with Crippen LogP contribution in [0.5, 0.6) is 0 Å². The van der Waals surface area contributed by atoms with Gasteiger partial charge < -0.3 is 5.11 Å². The summed E-state index contributed by atoms with van der Waals surface area (Å²) in [5.41, 5.74) is 0.967. The first-order valence-corrected chi connectivity index (χ1v) is 7.81. The monoisotopic (exact) mass is 323 g/mol. The summed E-state index contributed by atoms with van der Waals surface area (Å²) in [6.07, 6.45) is 0. The van der Waals surface area contributed by atoms with E-state index in [1.165, 1.54) is 24.3 Å². The molecule has 0 aliphatic rings. The van der Waals surface area contributed by atoms with Crippen molar-refractivity contribution in [1.82, 2.24) is 0 Å². The number of hydrogen-bond donors (Lipinski definition) is 1. The molecular weight excluding hydrogens is 309 g/mol. The lowest BCUT2D eigenvalue weighted by Crippen LogP contribution is -2.35. The second-order valence-corrected chi connectivity index (χ2v) is 6.56. The lowest BCUT2D eigenvalue weighted by Gasteiger charge is -2.22. The number of carbonyl (C=O) groups is 1. The fraction of sp³-hybridized carbons (Fsp3) is 0.133. The van der Waals surface area contributed by atoms with Gasteiger partial charge in [-0.1, -0.05) is 17.7 Å². The molecule has 0 fully saturated rings. The highest BCUT2D eigenvalue weighted by Crippen LogP contribution is 2.24. The van der Waals surface area contributed by atoms with E-state index in [1.807, 2.05) is 6.92 Å². The molecular formula is C15H14FNO4S. The Kier molecular flexibility index (Phi) is 4.46. The Morgan fingerprint density at radius 1 is 1.09 bits per heavy atom. The zero-order chi connectivity index (χ0) is 16.3. The molecule has 5 nitrogen and oxygen atoms in total. The van der Waals surface area contributed by atoms with Crippen LogP contribution in [0.2, 0.25) is 0 Å². The fourth-order valence-corrected chi connectivity index (χ4v) is 3.30. The summed E-state index contributed by atoms with van der Waals surface area (Å²) < 4.78 is 39.0. The number of sulfonamides is 1. The number of aryl methyl sites for hydroxylation is 1. The minimum atomic E-state index is -4.05. The molecule has 0 bridgehead atoms. The van der Waals surface area contributed by atoms with Gasteiger partial charge in [0.1, 0.15) is 12.4 Å². The zero-order valence-electron chi connectivity index (χ0n) is 11.7. The van der Waals surface area contributed by atoms with Crippen LogP contribution in [-0.4, -0.2) is 26.0 Å². The molecule has 0 radical (unpaired) electrons. The number of anilines is 1. The van der Waals surface area contributed by atoms with E-state index in [9.17, 15) is 17.6 Å². The maximum absolute atomic E-state index is 13.0.